The van der Waals surface area contributed by atoms with Crippen LogP contribution in [0, 0.1) is 0 Å². The van der Waals surface area contributed by atoms with Crippen molar-refractivity contribution in [3.05, 3.63) is 48.0 Å². The Hall–Kier alpha value is -2.18. The number of rotatable bonds is 7. The van der Waals surface area contributed by atoms with Crippen LogP contribution in [-0.2, 0) is 35.1 Å². The topological polar surface area (TPSA) is 71.1 Å². The second-order valence-corrected chi connectivity index (χ2v) is 5.47. The van der Waals surface area contributed by atoms with E-state index in [4.69, 9.17) is 14.2 Å². The van der Waals surface area contributed by atoms with E-state index in [0.717, 1.165) is 5.56 Å². The highest BCUT2D eigenvalue weighted by molar-refractivity contribution is 5.81. The summed E-state index contributed by atoms with van der Waals surface area (Å²) < 4.78 is 21.4. The van der Waals surface area contributed by atoms with Gasteiger partial charge in [0.15, 0.2) is 0 Å². The van der Waals surface area contributed by atoms with E-state index in [1.54, 1.807) is 6.08 Å². The second-order valence-electron chi connectivity index (χ2n) is 5.47. The molecule has 1 heterocycles. The van der Waals surface area contributed by atoms with Crippen LogP contribution in [0.3, 0.4) is 0 Å². The molecule has 6 nitrogen and oxygen atoms in total. The Morgan fingerprint density at radius 1 is 1.29 bits per heavy atom. The third-order valence-corrected chi connectivity index (χ3v) is 3.63. The van der Waals surface area contributed by atoms with Gasteiger partial charge >= 0.3 is 11.9 Å². The molecule has 1 aromatic carbocycles. The van der Waals surface area contributed by atoms with Crippen molar-refractivity contribution in [3.8, 4) is 0 Å². The minimum atomic E-state index is -0.441. The SMILES string of the molecule is COC(=O)/C=C/[C@H]1C[C@H](OCc2ccccc2)[C@@H](COC(C)=O)O1. The number of hydrogen-bond acceptors (Lipinski definition) is 6. The molecule has 1 aliphatic heterocycles. The highest BCUT2D eigenvalue weighted by atomic mass is 16.6. The van der Waals surface area contributed by atoms with Crippen LogP contribution >= 0.6 is 0 Å². The van der Waals surface area contributed by atoms with E-state index in [1.807, 2.05) is 30.3 Å². The van der Waals surface area contributed by atoms with Gasteiger partial charge in [-0.3, -0.25) is 4.79 Å². The molecular weight excluding hydrogens is 312 g/mol. The number of methoxy groups -OCH3 is 1. The maximum atomic E-state index is 11.2. The Morgan fingerprint density at radius 2 is 2.04 bits per heavy atom. The Labute approximate surface area is 141 Å². The molecule has 1 fully saturated rings. The van der Waals surface area contributed by atoms with E-state index in [2.05, 4.69) is 4.74 Å². The Bertz CT molecular complexity index is 568. The van der Waals surface area contributed by atoms with Gasteiger partial charge in [0.05, 0.1) is 25.9 Å². The number of esters is 2. The van der Waals surface area contributed by atoms with E-state index in [9.17, 15) is 9.59 Å². The summed E-state index contributed by atoms with van der Waals surface area (Å²) in [6.45, 7) is 1.92. The summed E-state index contributed by atoms with van der Waals surface area (Å²) in [5.74, 6) is -0.808. The molecule has 0 radical (unpaired) electrons. The molecule has 0 aliphatic carbocycles. The van der Waals surface area contributed by atoms with Gasteiger partial charge in [0.1, 0.15) is 12.7 Å². The molecule has 3 atom stereocenters. The third-order valence-electron chi connectivity index (χ3n) is 3.63. The first-order chi connectivity index (χ1) is 11.6. The lowest BCUT2D eigenvalue weighted by molar-refractivity contribution is -0.147. The van der Waals surface area contributed by atoms with Gasteiger partial charge in [-0.1, -0.05) is 30.3 Å². The van der Waals surface area contributed by atoms with Gasteiger partial charge < -0.3 is 18.9 Å². The summed E-state index contributed by atoms with van der Waals surface area (Å²) in [6, 6.07) is 9.79. The fourth-order valence-electron chi connectivity index (χ4n) is 2.43. The minimum absolute atomic E-state index is 0.122. The van der Waals surface area contributed by atoms with E-state index in [1.165, 1.54) is 20.1 Å². The van der Waals surface area contributed by atoms with Crippen molar-refractivity contribution < 1.29 is 28.5 Å². The summed E-state index contributed by atoms with van der Waals surface area (Å²) in [6.07, 6.45) is 2.66. The number of carbonyl (C=O) groups is 2. The lowest BCUT2D eigenvalue weighted by Crippen LogP contribution is -2.30. The molecule has 0 spiro atoms. The predicted octanol–water partition coefficient (Wildman–Crippen LogP) is 2.02. The van der Waals surface area contributed by atoms with E-state index in [-0.39, 0.29) is 30.9 Å². The largest absolute Gasteiger partial charge is 0.466 e. The van der Waals surface area contributed by atoms with Gasteiger partial charge in [-0.25, -0.2) is 4.79 Å². The smallest absolute Gasteiger partial charge is 0.330 e. The molecule has 0 unspecified atom stereocenters. The molecule has 0 N–H and O–H groups in total. The van der Waals surface area contributed by atoms with Gasteiger partial charge in [0.2, 0.25) is 0 Å². The molecule has 130 valence electrons. The zero-order valence-corrected chi connectivity index (χ0v) is 13.8. The molecule has 0 saturated carbocycles. The molecule has 6 heteroatoms. The number of benzene rings is 1. The fraction of sp³-hybridized carbons (Fsp3) is 0.444. The third kappa shape index (κ3) is 5.79. The molecule has 24 heavy (non-hydrogen) atoms. The Balaban J connectivity index is 1.94. The van der Waals surface area contributed by atoms with E-state index in [0.29, 0.717) is 13.0 Å². The molecule has 0 aromatic heterocycles. The van der Waals surface area contributed by atoms with Crippen molar-refractivity contribution in [3.63, 3.8) is 0 Å². The van der Waals surface area contributed by atoms with Gasteiger partial charge in [0, 0.05) is 19.4 Å². The fourth-order valence-corrected chi connectivity index (χ4v) is 2.43. The normalized spacial score (nSPS) is 23.3. The molecule has 1 aromatic rings. The van der Waals surface area contributed by atoms with Crippen molar-refractivity contribution in [2.24, 2.45) is 0 Å². The van der Waals surface area contributed by atoms with Crippen molar-refractivity contribution in [2.45, 2.75) is 38.3 Å². The zero-order valence-electron chi connectivity index (χ0n) is 13.8. The Kier molecular flexibility index (Phi) is 6.96. The minimum Gasteiger partial charge on any atom is -0.466 e. The van der Waals surface area contributed by atoms with Crippen LogP contribution in [0.5, 0.6) is 0 Å². The van der Waals surface area contributed by atoms with Crippen LogP contribution in [0.15, 0.2) is 42.5 Å². The summed E-state index contributed by atoms with van der Waals surface area (Å²) in [7, 11) is 1.32. The highest BCUT2D eigenvalue weighted by Crippen LogP contribution is 2.25. The van der Waals surface area contributed by atoms with Gasteiger partial charge in [0.25, 0.3) is 0 Å². The summed E-state index contributed by atoms with van der Waals surface area (Å²) in [5.41, 5.74) is 1.05. The molecule has 0 bridgehead atoms. The molecule has 0 amide bonds. The van der Waals surface area contributed by atoms with Crippen molar-refractivity contribution in [1.82, 2.24) is 0 Å². The van der Waals surface area contributed by atoms with E-state index < -0.39 is 5.97 Å². The van der Waals surface area contributed by atoms with E-state index >= 15 is 0 Å². The monoisotopic (exact) mass is 334 g/mol. The molecular formula is C18H22O6. The highest BCUT2D eigenvalue weighted by Gasteiger charge is 2.35. The lowest BCUT2D eigenvalue weighted by Gasteiger charge is -2.18. The van der Waals surface area contributed by atoms with Crippen LogP contribution < -0.4 is 0 Å². The van der Waals surface area contributed by atoms with Crippen molar-refractivity contribution >= 4 is 11.9 Å². The van der Waals surface area contributed by atoms with Crippen LogP contribution in [-0.4, -0.2) is 44.0 Å². The average Bonchev–Trinajstić information content (AvgIpc) is 2.99. The maximum absolute atomic E-state index is 11.2. The van der Waals surface area contributed by atoms with Gasteiger partial charge in [-0.2, -0.15) is 0 Å². The number of carbonyl (C=O) groups excluding carboxylic acids is 2. The quantitative estimate of drug-likeness (QED) is 0.561. The molecule has 1 saturated heterocycles. The van der Waals surface area contributed by atoms with Gasteiger partial charge in [-0.05, 0) is 11.6 Å². The first-order valence-corrected chi connectivity index (χ1v) is 7.79. The second kappa shape index (κ2) is 9.20. The number of ether oxygens (including phenoxy) is 4. The van der Waals surface area contributed by atoms with Crippen LogP contribution in [0.25, 0.3) is 0 Å². The standard InChI is InChI=1S/C18H22O6/c1-13(19)22-12-17-16(23-11-14-6-4-3-5-7-14)10-15(24-17)8-9-18(20)21-2/h3-9,15-17H,10-12H2,1-2H3/b9-8+/t15-,16-,17+/m0/s1. The van der Waals surface area contributed by atoms with Crippen LogP contribution in [0.2, 0.25) is 0 Å². The van der Waals surface area contributed by atoms with Crippen LogP contribution in [0.1, 0.15) is 18.9 Å². The average molecular weight is 334 g/mol. The predicted molar refractivity (Wildman–Crippen MR) is 86.1 cm³/mol. The number of hydrogen-bond donors (Lipinski definition) is 0. The molecule has 1 aliphatic rings. The van der Waals surface area contributed by atoms with Crippen LogP contribution in [0.4, 0.5) is 0 Å². The summed E-state index contributed by atoms with van der Waals surface area (Å²) >= 11 is 0. The van der Waals surface area contributed by atoms with Crippen molar-refractivity contribution in [2.75, 3.05) is 13.7 Å². The Morgan fingerprint density at radius 3 is 2.71 bits per heavy atom. The summed E-state index contributed by atoms with van der Waals surface area (Å²) in [4.78, 5) is 22.2. The van der Waals surface area contributed by atoms with Crippen molar-refractivity contribution in [1.29, 1.82) is 0 Å². The maximum Gasteiger partial charge on any atom is 0.330 e. The lowest BCUT2D eigenvalue weighted by atomic mass is 10.1. The van der Waals surface area contributed by atoms with Gasteiger partial charge in [-0.15, -0.1) is 0 Å². The first kappa shape index (κ1) is 18.2. The zero-order chi connectivity index (χ0) is 17.4. The first-order valence-electron chi connectivity index (χ1n) is 7.79. The summed E-state index contributed by atoms with van der Waals surface area (Å²) in [5, 5.41) is 0. The molecule has 2 rings (SSSR count).